The Balaban J connectivity index is 2.00. The van der Waals surface area contributed by atoms with Crippen LogP contribution >= 0.6 is 11.8 Å². The number of azide groups is 1. The van der Waals surface area contributed by atoms with Crippen LogP contribution in [-0.2, 0) is 44.5 Å². The summed E-state index contributed by atoms with van der Waals surface area (Å²) in [7, 11) is 0. The molecule has 5 atom stereocenters. The highest BCUT2D eigenvalue weighted by Crippen LogP contribution is 2.40. The van der Waals surface area contributed by atoms with Crippen molar-refractivity contribution < 1.29 is 47.6 Å². The molecule has 15 nitrogen and oxygen atoms in total. The van der Waals surface area contributed by atoms with Crippen LogP contribution in [0.25, 0.3) is 10.4 Å². The molecule has 0 bridgehead atoms. The van der Waals surface area contributed by atoms with E-state index in [-0.39, 0.29) is 31.6 Å². The fourth-order valence-corrected chi connectivity index (χ4v) is 6.27. The van der Waals surface area contributed by atoms with Crippen LogP contribution in [0.5, 0.6) is 11.6 Å². The second-order valence-corrected chi connectivity index (χ2v) is 12.2. The van der Waals surface area contributed by atoms with E-state index in [4.69, 9.17) is 34.0 Å². The van der Waals surface area contributed by atoms with Gasteiger partial charge in [0.2, 0.25) is 5.88 Å². The third kappa shape index (κ3) is 10.0. The smallest absolute Gasteiger partial charge is 0.303 e. The Morgan fingerprint density at radius 1 is 1.00 bits per heavy atom. The van der Waals surface area contributed by atoms with Crippen LogP contribution in [0.1, 0.15) is 69.8 Å². The lowest BCUT2D eigenvalue weighted by atomic mass is 9.97. The Labute approximate surface area is 270 Å². The van der Waals surface area contributed by atoms with E-state index in [1.165, 1.54) is 27.7 Å². The van der Waals surface area contributed by atoms with Crippen LogP contribution in [0.15, 0.2) is 23.3 Å². The number of esters is 4. The van der Waals surface area contributed by atoms with Crippen LogP contribution in [0.2, 0.25) is 0 Å². The molecule has 2 aromatic rings. The molecule has 250 valence electrons. The molecule has 0 amide bonds. The molecular formula is C30H39N5O10S. The number of rotatable bonds is 14. The maximum Gasteiger partial charge on any atom is 0.303 e. The standard InChI is InChI=1S/C30H39N5O10S/c1-15(2)25-23(13-21-8-9-22(12-16(21)3)40-11-10-32-35-31)29(34-33-25)45-30-28(44-20(7)39)27(43-19(6)38)26(42-18(5)37)24(46-30)14-41-17(4)36/h8-9,12,15,24,26-28,30H,10-11,13-14H2,1-7H3,(H,33,34)/t24-,26-,27+,28-,30-/m1/s1. The van der Waals surface area contributed by atoms with Crippen molar-refractivity contribution in [3.8, 4) is 11.6 Å². The highest BCUT2D eigenvalue weighted by atomic mass is 32.2. The molecule has 1 saturated heterocycles. The number of nitrogens with zero attached hydrogens (tertiary/aromatic N) is 4. The molecule has 0 saturated carbocycles. The van der Waals surface area contributed by atoms with E-state index in [2.05, 4.69) is 20.2 Å². The molecule has 0 radical (unpaired) electrons. The van der Waals surface area contributed by atoms with E-state index in [9.17, 15) is 19.2 Å². The van der Waals surface area contributed by atoms with Gasteiger partial charge in [-0.05, 0) is 41.6 Å². The number of nitrogens with one attached hydrogen (secondary N) is 1. The van der Waals surface area contributed by atoms with Gasteiger partial charge in [0.1, 0.15) is 12.4 Å². The first-order valence-corrected chi connectivity index (χ1v) is 15.5. The van der Waals surface area contributed by atoms with Gasteiger partial charge in [-0.2, -0.15) is 0 Å². The minimum Gasteiger partial charge on any atom is -0.493 e. The SMILES string of the molecule is CC(=O)OC[C@H]1S[C@@H](Oc2n[nH]c(C(C)C)c2Cc2ccc(OCCN=[N+]=[N-])cc2C)[C@H](OC(C)=O)[C@@H](OC(C)=O)[C@@H]1OC(C)=O. The molecule has 16 heteroatoms. The first-order valence-electron chi connectivity index (χ1n) is 14.6. The molecule has 1 aliphatic rings. The number of H-pyrrole nitrogens is 1. The molecule has 3 rings (SSSR count). The van der Waals surface area contributed by atoms with Gasteiger partial charge in [-0.15, -0.1) is 16.9 Å². The average molecular weight is 662 g/mol. The summed E-state index contributed by atoms with van der Waals surface area (Å²) in [5, 5.41) is 10.2. The molecule has 1 aromatic heterocycles. The van der Waals surface area contributed by atoms with Crippen LogP contribution < -0.4 is 9.47 Å². The van der Waals surface area contributed by atoms with E-state index >= 15 is 0 Å². The zero-order chi connectivity index (χ0) is 34.0. The Bertz CT molecular complexity index is 1460. The van der Waals surface area contributed by atoms with E-state index in [0.717, 1.165) is 34.1 Å². The van der Waals surface area contributed by atoms with E-state index in [1.54, 1.807) is 0 Å². The van der Waals surface area contributed by atoms with Crippen LogP contribution in [0.3, 0.4) is 0 Å². The Kier molecular flexibility index (Phi) is 13.1. The summed E-state index contributed by atoms with van der Waals surface area (Å²) in [5.74, 6) is -1.74. The number of aromatic amines is 1. The van der Waals surface area contributed by atoms with Crippen molar-refractivity contribution in [2.75, 3.05) is 19.8 Å². The second-order valence-electron chi connectivity index (χ2n) is 10.8. The van der Waals surface area contributed by atoms with Crippen LogP contribution in [0, 0.1) is 6.92 Å². The summed E-state index contributed by atoms with van der Waals surface area (Å²) in [6.45, 7) is 11.0. The van der Waals surface area contributed by atoms with Crippen molar-refractivity contribution in [3.05, 3.63) is 51.0 Å². The van der Waals surface area contributed by atoms with Crippen molar-refractivity contribution in [2.24, 2.45) is 5.11 Å². The number of aryl methyl sites for hydroxylation is 1. The van der Waals surface area contributed by atoms with Gasteiger partial charge in [-0.1, -0.05) is 25.0 Å². The Morgan fingerprint density at radius 3 is 2.24 bits per heavy atom. The fourth-order valence-electron chi connectivity index (χ4n) is 4.90. The monoisotopic (exact) mass is 661 g/mol. The van der Waals surface area contributed by atoms with Gasteiger partial charge in [-0.3, -0.25) is 24.3 Å². The third-order valence-electron chi connectivity index (χ3n) is 6.82. The zero-order valence-corrected chi connectivity index (χ0v) is 27.6. The zero-order valence-electron chi connectivity index (χ0n) is 26.8. The quantitative estimate of drug-likeness (QED) is 0.0752. The molecule has 1 fully saturated rings. The van der Waals surface area contributed by atoms with Crippen molar-refractivity contribution in [3.63, 3.8) is 0 Å². The number of carbonyl (C=O) groups excluding carboxylic acids is 4. The number of thioether (sulfide) groups is 1. The number of hydrogen-bond acceptors (Lipinski definition) is 13. The first-order chi connectivity index (χ1) is 21.8. The summed E-state index contributed by atoms with van der Waals surface area (Å²) in [5.41, 5.74) is 10.9. The summed E-state index contributed by atoms with van der Waals surface area (Å²) in [6, 6.07) is 5.62. The van der Waals surface area contributed by atoms with Crippen molar-refractivity contribution >= 4 is 35.6 Å². The van der Waals surface area contributed by atoms with Crippen molar-refractivity contribution in [2.45, 2.75) is 89.8 Å². The minimum atomic E-state index is -1.28. The average Bonchev–Trinajstić information content (AvgIpc) is 3.36. The van der Waals surface area contributed by atoms with Crippen molar-refractivity contribution in [1.29, 1.82) is 0 Å². The summed E-state index contributed by atoms with van der Waals surface area (Å²) >= 11 is 1.10. The molecular weight excluding hydrogens is 622 g/mol. The third-order valence-corrected chi connectivity index (χ3v) is 8.21. The number of aromatic nitrogens is 2. The van der Waals surface area contributed by atoms with E-state index in [0.29, 0.717) is 12.2 Å². The van der Waals surface area contributed by atoms with Crippen molar-refractivity contribution in [1.82, 2.24) is 10.2 Å². The van der Waals surface area contributed by atoms with Gasteiger partial charge < -0.3 is 28.4 Å². The lowest BCUT2D eigenvalue weighted by molar-refractivity contribution is -0.190. The lowest BCUT2D eigenvalue weighted by Crippen LogP contribution is -2.59. The first kappa shape index (κ1) is 36.0. The van der Waals surface area contributed by atoms with E-state index < -0.39 is 52.9 Å². The molecule has 0 spiro atoms. The highest BCUT2D eigenvalue weighted by Gasteiger charge is 2.53. The highest BCUT2D eigenvalue weighted by molar-refractivity contribution is 8.00. The summed E-state index contributed by atoms with van der Waals surface area (Å²) in [4.78, 5) is 51.0. The molecule has 1 aliphatic heterocycles. The predicted molar refractivity (Wildman–Crippen MR) is 165 cm³/mol. The molecule has 1 N–H and O–H groups in total. The predicted octanol–water partition coefficient (Wildman–Crippen LogP) is 4.30. The Morgan fingerprint density at radius 2 is 1.65 bits per heavy atom. The minimum absolute atomic E-state index is 0.0329. The molecule has 0 unspecified atom stereocenters. The topological polar surface area (TPSA) is 201 Å². The van der Waals surface area contributed by atoms with E-state index in [1.807, 2.05) is 39.0 Å². The number of carbonyl (C=O) groups is 4. The maximum atomic E-state index is 12.3. The molecule has 0 aliphatic carbocycles. The van der Waals surface area contributed by atoms with Crippen LogP contribution in [-0.4, -0.2) is 82.8 Å². The lowest BCUT2D eigenvalue weighted by Gasteiger charge is -2.43. The summed E-state index contributed by atoms with van der Waals surface area (Å²) in [6.07, 6.45) is -3.22. The molecule has 46 heavy (non-hydrogen) atoms. The van der Waals surface area contributed by atoms with Crippen LogP contribution in [0.4, 0.5) is 0 Å². The molecule has 2 heterocycles. The van der Waals surface area contributed by atoms with Gasteiger partial charge >= 0.3 is 23.9 Å². The fraction of sp³-hybridized carbons (Fsp3) is 0.567. The van der Waals surface area contributed by atoms with Gasteiger partial charge in [0.25, 0.3) is 0 Å². The van der Waals surface area contributed by atoms with Gasteiger partial charge in [0, 0.05) is 50.3 Å². The van der Waals surface area contributed by atoms with Gasteiger partial charge in [0.15, 0.2) is 23.7 Å². The number of benzene rings is 1. The van der Waals surface area contributed by atoms with Gasteiger partial charge in [0.05, 0.1) is 18.4 Å². The maximum absolute atomic E-state index is 12.3. The molecule has 1 aromatic carbocycles. The van der Waals surface area contributed by atoms with Gasteiger partial charge in [-0.25, -0.2) is 0 Å². The number of hydrogen-bond donors (Lipinski definition) is 1. The number of ether oxygens (including phenoxy) is 6. The summed E-state index contributed by atoms with van der Waals surface area (Å²) < 4.78 is 34.1. The second kappa shape index (κ2) is 16.8. The Hall–Kier alpha value is -4.43. The normalized spacial score (nSPS) is 20.7. The largest absolute Gasteiger partial charge is 0.493 e.